The summed E-state index contributed by atoms with van der Waals surface area (Å²) >= 11 is 0. The van der Waals surface area contributed by atoms with Crippen LogP contribution in [0.15, 0.2) is 0 Å². The Bertz CT molecular complexity index is 390. The maximum Gasteiger partial charge on any atom is 0.360 e. The molecule has 0 saturated heterocycles. The third-order valence-corrected chi connectivity index (χ3v) is 2.46. The molecular weight excluding hydrogens is 238 g/mol. The van der Waals surface area contributed by atoms with E-state index in [9.17, 15) is 9.90 Å². The predicted octanol–water partition coefficient (Wildman–Crippen LogP) is 0.161. The molecule has 1 rings (SSSR count). The van der Waals surface area contributed by atoms with Crippen LogP contribution in [0, 0.1) is 6.92 Å². The van der Waals surface area contributed by atoms with Crippen molar-refractivity contribution in [1.82, 2.24) is 15.0 Å². The van der Waals surface area contributed by atoms with E-state index in [1.165, 1.54) is 7.11 Å². The van der Waals surface area contributed by atoms with Crippen LogP contribution < -0.4 is 0 Å². The average Bonchev–Trinajstić information content (AvgIpc) is 2.68. The molecule has 0 aromatic carbocycles. The smallest absolute Gasteiger partial charge is 0.360 e. The van der Waals surface area contributed by atoms with Crippen molar-refractivity contribution in [2.75, 3.05) is 20.3 Å². The van der Waals surface area contributed by atoms with E-state index in [0.717, 1.165) is 0 Å². The first-order chi connectivity index (χ1) is 8.56. The highest BCUT2D eigenvalue weighted by molar-refractivity contribution is 5.88. The van der Waals surface area contributed by atoms with E-state index in [0.29, 0.717) is 25.3 Å². The van der Waals surface area contributed by atoms with Crippen LogP contribution in [-0.4, -0.2) is 52.5 Å². The number of rotatable bonds is 7. The molecule has 7 heteroatoms. The van der Waals surface area contributed by atoms with Crippen molar-refractivity contribution < 1.29 is 19.4 Å². The van der Waals surface area contributed by atoms with Crippen molar-refractivity contribution in [2.24, 2.45) is 0 Å². The quantitative estimate of drug-likeness (QED) is 0.553. The molecule has 1 atom stereocenters. The van der Waals surface area contributed by atoms with Gasteiger partial charge in [-0.1, -0.05) is 5.21 Å². The van der Waals surface area contributed by atoms with Crippen molar-refractivity contribution in [3.05, 3.63) is 11.4 Å². The first kappa shape index (κ1) is 14.6. The maximum absolute atomic E-state index is 11.6. The number of esters is 1. The summed E-state index contributed by atoms with van der Waals surface area (Å²) in [5, 5.41) is 16.8. The van der Waals surface area contributed by atoms with Gasteiger partial charge in [-0.05, 0) is 20.3 Å². The fraction of sp³-hybridized carbons (Fsp3) is 0.727. The summed E-state index contributed by atoms with van der Waals surface area (Å²) in [6.07, 6.45) is 0.147. The number of aliphatic hydroxyl groups is 1. The zero-order valence-corrected chi connectivity index (χ0v) is 10.9. The van der Waals surface area contributed by atoms with Gasteiger partial charge in [0.15, 0.2) is 5.69 Å². The zero-order valence-electron chi connectivity index (χ0n) is 10.9. The first-order valence-electron chi connectivity index (χ1n) is 5.80. The first-order valence-corrected chi connectivity index (χ1v) is 5.80. The Morgan fingerprint density at radius 3 is 2.83 bits per heavy atom. The maximum atomic E-state index is 11.6. The van der Waals surface area contributed by atoms with Gasteiger partial charge >= 0.3 is 5.97 Å². The van der Waals surface area contributed by atoms with E-state index in [1.807, 2.05) is 0 Å². The van der Waals surface area contributed by atoms with E-state index in [1.54, 1.807) is 18.5 Å². The molecule has 0 radical (unpaired) electrons. The fourth-order valence-corrected chi connectivity index (χ4v) is 1.36. The largest absolute Gasteiger partial charge is 0.458 e. The lowest BCUT2D eigenvalue weighted by atomic mass is 10.3. The normalized spacial score (nSPS) is 12.4. The number of carbonyl (C=O) groups is 1. The van der Waals surface area contributed by atoms with Crippen LogP contribution in [0.25, 0.3) is 0 Å². The van der Waals surface area contributed by atoms with Gasteiger partial charge in [0.2, 0.25) is 0 Å². The molecule has 0 aliphatic carbocycles. The van der Waals surface area contributed by atoms with Crippen molar-refractivity contribution >= 4 is 5.97 Å². The highest BCUT2D eigenvalue weighted by Gasteiger charge is 2.17. The molecule has 0 spiro atoms. The Morgan fingerprint density at radius 1 is 1.50 bits per heavy atom. The monoisotopic (exact) mass is 257 g/mol. The summed E-state index contributed by atoms with van der Waals surface area (Å²) in [6.45, 7) is 4.50. The van der Waals surface area contributed by atoms with Gasteiger partial charge in [0.25, 0.3) is 0 Å². The van der Waals surface area contributed by atoms with Crippen molar-refractivity contribution in [3.8, 4) is 0 Å². The molecule has 0 amide bonds. The van der Waals surface area contributed by atoms with Crippen LogP contribution in [0.5, 0.6) is 0 Å². The molecule has 0 bridgehead atoms. The van der Waals surface area contributed by atoms with Crippen LogP contribution >= 0.6 is 0 Å². The van der Waals surface area contributed by atoms with Crippen LogP contribution in [0.1, 0.15) is 29.5 Å². The summed E-state index contributed by atoms with van der Waals surface area (Å²) < 4.78 is 11.3. The Balaban J connectivity index is 2.59. The third-order valence-electron chi connectivity index (χ3n) is 2.46. The van der Waals surface area contributed by atoms with Crippen molar-refractivity contribution in [3.63, 3.8) is 0 Å². The van der Waals surface area contributed by atoms with E-state index < -0.39 is 12.1 Å². The second kappa shape index (κ2) is 7.07. The van der Waals surface area contributed by atoms with E-state index in [2.05, 4.69) is 10.3 Å². The molecule has 0 aliphatic heterocycles. The number of aryl methyl sites for hydroxylation is 1. The molecular formula is C11H19N3O4. The molecule has 7 nitrogen and oxygen atoms in total. The lowest BCUT2D eigenvalue weighted by Gasteiger charge is -2.05. The number of carbonyl (C=O) groups excluding carboxylic acids is 1. The number of hydrogen-bond donors (Lipinski definition) is 1. The lowest BCUT2D eigenvalue weighted by Crippen LogP contribution is -2.13. The van der Waals surface area contributed by atoms with Crippen molar-refractivity contribution in [1.29, 1.82) is 0 Å². The van der Waals surface area contributed by atoms with E-state index >= 15 is 0 Å². The predicted molar refractivity (Wildman–Crippen MR) is 63.2 cm³/mol. The average molecular weight is 257 g/mol. The fourth-order valence-electron chi connectivity index (χ4n) is 1.36. The minimum Gasteiger partial charge on any atom is -0.458 e. The summed E-state index contributed by atoms with van der Waals surface area (Å²) in [7, 11) is 1.53. The van der Waals surface area contributed by atoms with Gasteiger partial charge in [-0.2, -0.15) is 0 Å². The number of nitrogens with zero attached hydrogens (tertiary/aromatic N) is 3. The van der Waals surface area contributed by atoms with Gasteiger partial charge in [0, 0.05) is 13.7 Å². The molecule has 1 aromatic rings. The highest BCUT2D eigenvalue weighted by Crippen LogP contribution is 2.07. The van der Waals surface area contributed by atoms with Crippen LogP contribution in [0.4, 0.5) is 0 Å². The molecule has 102 valence electrons. The van der Waals surface area contributed by atoms with Gasteiger partial charge in [0.1, 0.15) is 6.61 Å². The standard InChI is InChI=1S/C11H19N3O4/c1-8(15)4-5-14-9(2)10(12-13-14)11(16)18-7-6-17-3/h8,15H,4-7H2,1-3H3. The topological polar surface area (TPSA) is 86.5 Å². The van der Waals surface area contributed by atoms with Gasteiger partial charge in [0.05, 0.1) is 18.4 Å². The molecule has 1 aromatic heterocycles. The number of aromatic nitrogens is 3. The number of ether oxygens (including phenoxy) is 2. The number of methoxy groups -OCH3 is 1. The molecule has 1 heterocycles. The minimum atomic E-state index is -0.507. The second-order valence-corrected chi connectivity index (χ2v) is 4.01. The summed E-state index contributed by atoms with van der Waals surface area (Å²) in [4.78, 5) is 11.6. The van der Waals surface area contributed by atoms with Gasteiger partial charge < -0.3 is 14.6 Å². The SMILES string of the molecule is COCCOC(=O)c1nnn(CCC(C)O)c1C. The summed E-state index contributed by atoms with van der Waals surface area (Å²) in [5.41, 5.74) is 0.842. The van der Waals surface area contributed by atoms with E-state index in [-0.39, 0.29) is 12.3 Å². The molecule has 18 heavy (non-hydrogen) atoms. The van der Waals surface area contributed by atoms with Gasteiger partial charge in [-0.25, -0.2) is 9.48 Å². The van der Waals surface area contributed by atoms with E-state index in [4.69, 9.17) is 9.47 Å². The molecule has 0 fully saturated rings. The van der Waals surface area contributed by atoms with Gasteiger partial charge in [-0.3, -0.25) is 0 Å². The number of aliphatic hydroxyl groups excluding tert-OH is 1. The van der Waals surface area contributed by atoms with Crippen LogP contribution in [-0.2, 0) is 16.0 Å². The third kappa shape index (κ3) is 4.08. The molecule has 0 saturated carbocycles. The Hall–Kier alpha value is -1.47. The summed E-state index contributed by atoms with van der Waals surface area (Å²) in [6, 6.07) is 0. The van der Waals surface area contributed by atoms with Crippen LogP contribution in [0.3, 0.4) is 0 Å². The highest BCUT2D eigenvalue weighted by atomic mass is 16.6. The Labute approximate surface area is 106 Å². The Kier molecular flexibility index (Phi) is 5.73. The van der Waals surface area contributed by atoms with Gasteiger partial charge in [-0.15, -0.1) is 5.10 Å². The molecule has 1 unspecified atom stereocenters. The second-order valence-electron chi connectivity index (χ2n) is 4.01. The summed E-state index contributed by atoms with van der Waals surface area (Å²) in [5.74, 6) is -0.507. The minimum absolute atomic E-state index is 0.190. The number of hydrogen-bond acceptors (Lipinski definition) is 6. The van der Waals surface area contributed by atoms with Crippen LogP contribution in [0.2, 0.25) is 0 Å². The molecule has 1 N–H and O–H groups in total. The lowest BCUT2D eigenvalue weighted by molar-refractivity contribution is 0.0380. The molecule has 0 aliphatic rings. The Morgan fingerprint density at radius 2 is 2.22 bits per heavy atom. The van der Waals surface area contributed by atoms with Crippen molar-refractivity contribution in [2.45, 2.75) is 32.9 Å². The zero-order chi connectivity index (χ0) is 13.5.